The minimum absolute atomic E-state index is 0.276. The van der Waals surface area contributed by atoms with Crippen molar-refractivity contribution in [1.82, 2.24) is 14.8 Å². The Morgan fingerprint density at radius 2 is 1.85 bits per heavy atom. The van der Waals surface area contributed by atoms with Crippen LogP contribution in [0.3, 0.4) is 0 Å². The number of alkyl halides is 1. The largest absolute Gasteiger partial charge is 0.395 e. The molecule has 0 aliphatic carbocycles. The van der Waals surface area contributed by atoms with Gasteiger partial charge in [-0.3, -0.25) is 4.90 Å². The summed E-state index contributed by atoms with van der Waals surface area (Å²) in [5, 5.41) is 12.2. The van der Waals surface area contributed by atoms with E-state index in [0.29, 0.717) is 5.88 Å². The summed E-state index contributed by atoms with van der Waals surface area (Å²) in [6.07, 6.45) is 3.51. The molecule has 1 aromatic rings. The average Bonchev–Trinajstić information content (AvgIpc) is 2.94. The second kappa shape index (κ2) is 8.95. The Kier molecular flexibility index (Phi) is 7.24. The molecule has 0 radical (unpaired) electrons. The lowest BCUT2D eigenvalue weighted by atomic mass is 10.2. The second-order valence-electron chi connectivity index (χ2n) is 5.23. The summed E-state index contributed by atoms with van der Waals surface area (Å²) in [6.45, 7) is 6.72. The predicted molar refractivity (Wildman–Crippen MR) is 84.6 cm³/mol. The summed E-state index contributed by atoms with van der Waals surface area (Å²) in [5.41, 5.74) is 1.01. The maximum absolute atomic E-state index is 8.92. The van der Waals surface area contributed by atoms with E-state index in [2.05, 4.69) is 20.2 Å². The number of aliphatic hydroxyl groups excluding tert-OH is 1. The van der Waals surface area contributed by atoms with Crippen LogP contribution in [0.15, 0.2) is 5.38 Å². The third-order valence-electron chi connectivity index (χ3n) is 3.73. The highest BCUT2D eigenvalue weighted by Gasteiger charge is 2.15. The highest BCUT2D eigenvalue weighted by molar-refractivity contribution is 7.09. The van der Waals surface area contributed by atoms with Crippen LogP contribution in [0.1, 0.15) is 23.5 Å². The van der Waals surface area contributed by atoms with Gasteiger partial charge in [0.15, 0.2) is 0 Å². The fourth-order valence-electron chi connectivity index (χ4n) is 2.51. The van der Waals surface area contributed by atoms with E-state index in [4.69, 9.17) is 16.7 Å². The number of β-amino-alcohol motifs (C(OH)–C–C–N with tert-alkyl or cyclic N) is 1. The second-order valence-corrected chi connectivity index (χ2v) is 6.44. The predicted octanol–water partition coefficient (Wildman–Crippen LogP) is 1.81. The minimum atomic E-state index is 0.276. The van der Waals surface area contributed by atoms with Gasteiger partial charge >= 0.3 is 0 Å². The number of thiazole rings is 1. The number of nitrogens with zero attached hydrogens (tertiary/aromatic N) is 3. The van der Waals surface area contributed by atoms with E-state index in [9.17, 15) is 0 Å². The highest BCUT2D eigenvalue weighted by atomic mass is 35.5. The Morgan fingerprint density at radius 3 is 2.45 bits per heavy atom. The number of halogens is 1. The topological polar surface area (TPSA) is 39.6 Å². The normalized spacial score (nSPS) is 17.7. The van der Waals surface area contributed by atoms with E-state index in [1.807, 2.05) is 0 Å². The molecule has 0 amide bonds. The van der Waals surface area contributed by atoms with Gasteiger partial charge in [-0.1, -0.05) is 0 Å². The molecule has 1 aromatic heterocycles. The van der Waals surface area contributed by atoms with Crippen molar-refractivity contribution in [1.29, 1.82) is 0 Å². The summed E-state index contributed by atoms with van der Waals surface area (Å²) in [7, 11) is 0. The SMILES string of the molecule is OCCN1CCN(CCCCc2nc(CCl)cs2)CC1. The van der Waals surface area contributed by atoms with Crippen molar-refractivity contribution >= 4 is 22.9 Å². The first-order valence-corrected chi connectivity index (χ1v) is 8.78. The van der Waals surface area contributed by atoms with Crippen molar-refractivity contribution < 1.29 is 5.11 Å². The summed E-state index contributed by atoms with van der Waals surface area (Å²) >= 11 is 7.48. The molecule has 1 N–H and O–H groups in total. The molecule has 6 heteroatoms. The summed E-state index contributed by atoms with van der Waals surface area (Å²) < 4.78 is 0. The molecule has 2 heterocycles. The zero-order valence-corrected chi connectivity index (χ0v) is 13.5. The first-order valence-electron chi connectivity index (χ1n) is 7.36. The maximum atomic E-state index is 8.92. The zero-order valence-electron chi connectivity index (χ0n) is 11.9. The van der Waals surface area contributed by atoms with Crippen molar-refractivity contribution in [3.63, 3.8) is 0 Å². The Balaban J connectivity index is 1.55. The Labute approximate surface area is 130 Å². The fourth-order valence-corrected chi connectivity index (χ4v) is 3.58. The molecule has 1 aliphatic heterocycles. The lowest BCUT2D eigenvalue weighted by Crippen LogP contribution is -2.47. The molecule has 0 saturated carbocycles. The number of hydrogen-bond acceptors (Lipinski definition) is 5. The molecule has 114 valence electrons. The van der Waals surface area contributed by atoms with Crippen LogP contribution < -0.4 is 0 Å². The van der Waals surface area contributed by atoms with E-state index >= 15 is 0 Å². The van der Waals surface area contributed by atoms with Gasteiger partial charge in [-0.2, -0.15) is 0 Å². The standard InChI is InChI=1S/C14H24ClN3OS/c15-11-13-12-20-14(16-13)3-1-2-4-17-5-7-18(8-6-17)9-10-19/h12,19H,1-11H2. The van der Waals surface area contributed by atoms with Crippen LogP contribution >= 0.6 is 22.9 Å². The molecule has 0 atom stereocenters. The molecular formula is C14H24ClN3OS. The van der Waals surface area contributed by atoms with E-state index in [-0.39, 0.29) is 6.61 Å². The van der Waals surface area contributed by atoms with Gasteiger partial charge in [-0.15, -0.1) is 22.9 Å². The van der Waals surface area contributed by atoms with Crippen molar-refractivity contribution in [2.45, 2.75) is 25.1 Å². The van der Waals surface area contributed by atoms with Crippen LogP contribution in [-0.2, 0) is 12.3 Å². The molecule has 0 bridgehead atoms. The van der Waals surface area contributed by atoms with Gasteiger partial charge in [0.2, 0.25) is 0 Å². The number of hydrogen-bond donors (Lipinski definition) is 1. The number of piperazine rings is 1. The van der Waals surface area contributed by atoms with E-state index < -0.39 is 0 Å². The number of aliphatic hydroxyl groups is 1. The van der Waals surface area contributed by atoms with E-state index in [1.54, 1.807) is 11.3 Å². The third kappa shape index (κ3) is 5.30. The van der Waals surface area contributed by atoms with Crippen LogP contribution in [-0.4, -0.2) is 65.8 Å². The van der Waals surface area contributed by atoms with Crippen molar-refractivity contribution in [3.8, 4) is 0 Å². The lowest BCUT2D eigenvalue weighted by Gasteiger charge is -2.34. The number of unbranched alkanes of at least 4 members (excludes halogenated alkanes) is 1. The monoisotopic (exact) mass is 317 g/mol. The van der Waals surface area contributed by atoms with Gasteiger partial charge in [0.1, 0.15) is 0 Å². The van der Waals surface area contributed by atoms with Gasteiger partial charge in [0.25, 0.3) is 0 Å². The van der Waals surface area contributed by atoms with Crippen LogP contribution in [0, 0.1) is 0 Å². The summed E-state index contributed by atoms with van der Waals surface area (Å²) in [6, 6.07) is 0. The lowest BCUT2D eigenvalue weighted by molar-refractivity contribution is 0.111. The molecular weight excluding hydrogens is 294 g/mol. The average molecular weight is 318 g/mol. The number of rotatable bonds is 8. The minimum Gasteiger partial charge on any atom is -0.395 e. The molecule has 4 nitrogen and oxygen atoms in total. The third-order valence-corrected chi connectivity index (χ3v) is 4.96. The first-order chi connectivity index (χ1) is 9.81. The molecule has 0 unspecified atom stereocenters. The van der Waals surface area contributed by atoms with Crippen LogP contribution in [0.5, 0.6) is 0 Å². The van der Waals surface area contributed by atoms with Crippen LogP contribution in [0.2, 0.25) is 0 Å². The van der Waals surface area contributed by atoms with Crippen LogP contribution in [0.4, 0.5) is 0 Å². The molecule has 0 spiro atoms. The van der Waals surface area contributed by atoms with E-state index in [0.717, 1.165) is 44.8 Å². The summed E-state index contributed by atoms with van der Waals surface area (Å²) in [4.78, 5) is 9.35. The van der Waals surface area contributed by atoms with Gasteiger partial charge in [-0.25, -0.2) is 4.98 Å². The summed E-state index contributed by atoms with van der Waals surface area (Å²) in [5.74, 6) is 0.522. The smallest absolute Gasteiger partial charge is 0.0928 e. The number of aryl methyl sites for hydroxylation is 1. The Hall–Kier alpha value is -0.200. The van der Waals surface area contributed by atoms with Crippen LogP contribution in [0.25, 0.3) is 0 Å². The molecule has 1 aliphatic rings. The Bertz CT molecular complexity index is 380. The molecule has 0 aromatic carbocycles. The van der Waals surface area contributed by atoms with Gasteiger partial charge in [-0.05, 0) is 25.8 Å². The van der Waals surface area contributed by atoms with Gasteiger partial charge in [0, 0.05) is 38.1 Å². The molecule has 2 rings (SSSR count). The quantitative estimate of drug-likeness (QED) is 0.586. The van der Waals surface area contributed by atoms with Crippen molar-refractivity contribution in [3.05, 3.63) is 16.1 Å². The van der Waals surface area contributed by atoms with Crippen molar-refractivity contribution in [2.75, 3.05) is 45.9 Å². The van der Waals surface area contributed by atoms with Gasteiger partial charge < -0.3 is 10.0 Å². The van der Waals surface area contributed by atoms with Crippen molar-refractivity contribution in [2.24, 2.45) is 0 Å². The first kappa shape index (κ1) is 16.2. The highest BCUT2D eigenvalue weighted by Crippen LogP contribution is 2.14. The maximum Gasteiger partial charge on any atom is 0.0928 e. The molecule has 20 heavy (non-hydrogen) atoms. The molecule has 1 saturated heterocycles. The van der Waals surface area contributed by atoms with Gasteiger partial charge in [0.05, 0.1) is 23.2 Å². The molecule has 1 fully saturated rings. The Morgan fingerprint density at radius 1 is 1.15 bits per heavy atom. The van der Waals surface area contributed by atoms with E-state index in [1.165, 1.54) is 24.4 Å². The zero-order chi connectivity index (χ0) is 14.2. The fraction of sp³-hybridized carbons (Fsp3) is 0.786. The number of aromatic nitrogens is 1.